The van der Waals surface area contributed by atoms with Crippen molar-refractivity contribution in [2.45, 2.75) is 11.8 Å². The summed E-state index contributed by atoms with van der Waals surface area (Å²) >= 11 is 13.0. The van der Waals surface area contributed by atoms with Crippen molar-refractivity contribution in [2.75, 3.05) is 16.9 Å². The minimum absolute atomic E-state index is 0.560. The van der Waals surface area contributed by atoms with Gasteiger partial charge < -0.3 is 10.6 Å². The highest BCUT2D eigenvalue weighted by Gasteiger charge is 2.02. The molecule has 0 aromatic heterocycles. The highest BCUT2D eigenvalue weighted by molar-refractivity contribution is 7.98. The molecule has 0 aliphatic heterocycles. The summed E-state index contributed by atoms with van der Waals surface area (Å²) in [5, 5.41) is 7.64. The van der Waals surface area contributed by atoms with Crippen molar-refractivity contribution in [3.63, 3.8) is 0 Å². The topological polar surface area (TPSA) is 24.1 Å². The molecule has 20 heavy (non-hydrogen) atoms. The number of halogens is 1. The first kappa shape index (κ1) is 15.2. The van der Waals surface area contributed by atoms with Crippen LogP contribution in [0.25, 0.3) is 0 Å². The summed E-state index contributed by atoms with van der Waals surface area (Å²) in [5.41, 5.74) is 2.91. The van der Waals surface area contributed by atoms with E-state index in [4.69, 9.17) is 23.8 Å². The van der Waals surface area contributed by atoms with Gasteiger partial charge in [0.15, 0.2) is 5.11 Å². The molecule has 0 heterocycles. The van der Waals surface area contributed by atoms with Crippen LogP contribution in [0.3, 0.4) is 0 Å². The summed E-state index contributed by atoms with van der Waals surface area (Å²) in [4.78, 5) is 1.19. The second-order valence-corrected chi connectivity index (χ2v) is 5.97. The van der Waals surface area contributed by atoms with Crippen LogP contribution in [0.2, 0.25) is 5.02 Å². The molecule has 2 aromatic rings. The minimum atomic E-state index is 0.560. The van der Waals surface area contributed by atoms with Gasteiger partial charge in [-0.05, 0) is 67.4 Å². The normalized spacial score (nSPS) is 10.2. The van der Waals surface area contributed by atoms with E-state index < -0.39 is 0 Å². The average molecular weight is 323 g/mol. The third kappa shape index (κ3) is 4.13. The Labute approximate surface area is 133 Å². The summed E-state index contributed by atoms with van der Waals surface area (Å²) in [6.45, 7) is 1.96. The maximum absolute atomic E-state index is 6.00. The first-order valence-corrected chi connectivity index (χ1v) is 8.08. The van der Waals surface area contributed by atoms with E-state index in [1.807, 2.05) is 43.5 Å². The van der Waals surface area contributed by atoms with Crippen molar-refractivity contribution in [3.05, 3.63) is 53.1 Å². The van der Waals surface area contributed by atoms with Crippen molar-refractivity contribution in [2.24, 2.45) is 0 Å². The molecule has 0 unspecified atom stereocenters. The molecule has 2 N–H and O–H groups in total. The van der Waals surface area contributed by atoms with E-state index in [0.29, 0.717) is 5.11 Å². The molecule has 0 spiro atoms. The zero-order valence-corrected chi connectivity index (χ0v) is 13.6. The van der Waals surface area contributed by atoms with Crippen LogP contribution in [0, 0.1) is 6.92 Å². The van der Waals surface area contributed by atoms with Gasteiger partial charge >= 0.3 is 0 Å². The SMILES string of the molecule is CSc1cccc(NC(=S)Nc2ccc(Cl)c(C)c2)c1. The van der Waals surface area contributed by atoms with E-state index in [-0.39, 0.29) is 0 Å². The van der Waals surface area contributed by atoms with Crippen molar-refractivity contribution in [1.82, 2.24) is 0 Å². The van der Waals surface area contributed by atoms with Crippen LogP contribution < -0.4 is 10.6 Å². The smallest absolute Gasteiger partial charge is 0.175 e. The number of hydrogen-bond donors (Lipinski definition) is 2. The van der Waals surface area contributed by atoms with Gasteiger partial charge in [-0.3, -0.25) is 0 Å². The maximum atomic E-state index is 6.00. The lowest BCUT2D eigenvalue weighted by Crippen LogP contribution is -2.19. The molecule has 0 aliphatic rings. The van der Waals surface area contributed by atoms with Gasteiger partial charge in [0, 0.05) is 21.3 Å². The van der Waals surface area contributed by atoms with E-state index in [9.17, 15) is 0 Å². The van der Waals surface area contributed by atoms with E-state index in [1.54, 1.807) is 11.8 Å². The van der Waals surface area contributed by atoms with Crippen molar-refractivity contribution in [1.29, 1.82) is 0 Å². The minimum Gasteiger partial charge on any atom is -0.332 e. The first-order valence-electron chi connectivity index (χ1n) is 6.06. The lowest BCUT2D eigenvalue weighted by Gasteiger charge is -2.12. The van der Waals surface area contributed by atoms with E-state index in [2.05, 4.69) is 22.8 Å². The molecular formula is C15H15ClN2S2. The number of benzene rings is 2. The molecule has 2 rings (SSSR count). The molecule has 5 heteroatoms. The van der Waals surface area contributed by atoms with E-state index in [1.165, 1.54) is 4.90 Å². The monoisotopic (exact) mass is 322 g/mol. The molecule has 2 aromatic carbocycles. The third-order valence-corrected chi connectivity index (χ3v) is 4.10. The number of thiocarbonyl (C=S) groups is 1. The standard InChI is InChI=1S/C15H15ClN2S2/c1-10-8-12(6-7-14(10)16)18-15(19)17-11-4-3-5-13(9-11)20-2/h3-9H,1-2H3,(H2,17,18,19). The average Bonchev–Trinajstić information content (AvgIpc) is 2.43. The number of thioether (sulfide) groups is 1. The molecule has 0 radical (unpaired) electrons. The van der Waals surface area contributed by atoms with Gasteiger partial charge in [-0.15, -0.1) is 11.8 Å². The molecule has 0 saturated heterocycles. The van der Waals surface area contributed by atoms with Gasteiger partial charge in [-0.25, -0.2) is 0 Å². The van der Waals surface area contributed by atoms with E-state index in [0.717, 1.165) is 22.0 Å². The Morgan fingerprint density at radius 3 is 2.45 bits per heavy atom. The second-order valence-electron chi connectivity index (χ2n) is 4.28. The molecule has 2 nitrogen and oxygen atoms in total. The fraction of sp³-hybridized carbons (Fsp3) is 0.133. The Kier molecular flexibility index (Phi) is 5.29. The lowest BCUT2D eigenvalue weighted by molar-refractivity contribution is 1.45. The summed E-state index contributed by atoms with van der Waals surface area (Å²) in [5.74, 6) is 0. The van der Waals surface area contributed by atoms with Crippen LogP contribution >= 0.6 is 35.6 Å². The Morgan fingerprint density at radius 1 is 1.10 bits per heavy atom. The molecule has 0 amide bonds. The predicted octanol–water partition coefficient (Wildman–Crippen LogP) is 5.18. The molecule has 0 fully saturated rings. The molecule has 0 saturated carbocycles. The molecular weight excluding hydrogens is 308 g/mol. The Bertz CT molecular complexity index is 629. The number of hydrogen-bond acceptors (Lipinski definition) is 2. The number of nitrogens with one attached hydrogen (secondary N) is 2. The van der Waals surface area contributed by atoms with Gasteiger partial charge in [0.2, 0.25) is 0 Å². The number of aryl methyl sites for hydroxylation is 1. The van der Waals surface area contributed by atoms with Crippen LogP contribution in [0.4, 0.5) is 11.4 Å². The molecule has 104 valence electrons. The van der Waals surface area contributed by atoms with Crippen molar-refractivity contribution < 1.29 is 0 Å². The lowest BCUT2D eigenvalue weighted by atomic mass is 10.2. The summed E-state index contributed by atoms with van der Waals surface area (Å²) in [6.07, 6.45) is 2.05. The highest BCUT2D eigenvalue weighted by atomic mass is 35.5. The summed E-state index contributed by atoms with van der Waals surface area (Å²) < 4.78 is 0. The Balaban J connectivity index is 2.03. The first-order chi connectivity index (χ1) is 9.58. The largest absolute Gasteiger partial charge is 0.332 e. The van der Waals surface area contributed by atoms with Gasteiger partial charge in [0.25, 0.3) is 0 Å². The second kappa shape index (κ2) is 6.97. The predicted molar refractivity (Wildman–Crippen MR) is 94.3 cm³/mol. The fourth-order valence-electron chi connectivity index (χ4n) is 1.72. The Hall–Kier alpha value is -1.23. The highest BCUT2D eigenvalue weighted by Crippen LogP contribution is 2.21. The number of rotatable bonds is 3. The van der Waals surface area contributed by atoms with Gasteiger partial charge in [0.1, 0.15) is 0 Å². The zero-order valence-electron chi connectivity index (χ0n) is 11.2. The van der Waals surface area contributed by atoms with Gasteiger partial charge in [0.05, 0.1) is 0 Å². The van der Waals surface area contributed by atoms with Crippen LogP contribution in [-0.2, 0) is 0 Å². The fourth-order valence-corrected chi connectivity index (χ4v) is 2.53. The van der Waals surface area contributed by atoms with Crippen LogP contribution in [-0.4, -0.2) is 11.4 Å². The zero-order chi connectivity index (χ0) is 14.5. The van der Waals surface area contributed by atoms with Crippen molar-refractivity contribution >= 4 is 52.1 Å². The Morgan fingerprint density at radius 2 is 1.80 bits per heavy atom. The third-order valence-electron chi connectivity index (χ3n) is 2.74. The molecule has 0 aliphatic carbocycles. The van der Waals surface area contributed by atoms with Crippen molar-refractivity contribution in [3.8, 4) is 0 Å². The quantitative estimate of drug-likeness (QED) is 0.600. The number of anilines is 2. The summed E-state index contributed by atoms with van der Waals surface area (Å²) in [6, 6.07) is 13.8. The van der Waals surface area contributed by atoms with Crippen LogP contribution in [0.15, 0.2) is 47.4 Å². The van der Waals surface area contributed by atoms with Crippen LogP contribution in [0.5, 0.6) is 0 Å². The molecule has 0 bridgehead atoms. The van der Waals surface area contributed by atoms with E-state index >= 15 is 0 Å². The van der Waals surface area contributed by atoms with Crippen LogP contribution in [0.1, 0.15) is 5.56 Å². The maximum Gasteiger partial charge on any atom is 0.175 e. The molecule has 0 atom stereocenters. The van der Waals surface area contributed by atoms with Gasteiger partial charge in [-0.2, -0.15) is 0 Å². The summed E-state index contributed by atoms with van der Waals surface area (Å²) in [7, 11) is 0. The van der Waals surface area contributed by atoms with Gasteiger partial charge in [-0.1, -0.05) is 17.7 Å².